The Bertz CT molecular complexity index is 536. The third-order valence-corrected chi connectivity index (χ3v) is 3.70. The Morgan fingerprint density at radius 1 is 1.29 bits per heavy atom. The Morgan fingerprint density at radius 2 is 2.00 bits per heavy atom. The molecule has 0 bridgehead atoms. The van der Waals surface area contributed by atoms with Gasteiger partial charge in [0.2, 0.25) is 0 Å². The van der Waals surface area contributed by atoms with Crippen LogP contribution in [0.1, 0.15) is 26.3 Å². The van der Waals surface area contributed by atoms with E-state index in [0.717, 1.165) is 17.3 Å². The number of hydrogen-bond donors (Lipinski definition) is 2. The van der Waals surface area contributed by atoms with Crippen molar-refractivity contribution in [2.24, 2.45) is 10.4 Å². The number of nitrogens with one attached hydrogen (secondary N) is 2. The lowest BCUT2D eigenvalue weighted by Gasteiger charge is -2.30. The molecule has 0 aliphatic rings. The van der Waals surface area contributed by atoms with E-state index in [1.165, 1.54) is 0 Å². The van der Waals surface area contributed by atoms with Crippen LogP contribution in [-0.2, 0) is 11.3 Å². The van der Waals surface area contributed by atoms with Gasteiger partial charge in [-0.1, -0.05) is 51.6 Å². The smallest absolute Gasteiger partial charge is 0.191 e. The zero-order chi connectivity index (χ0) is 18.0. The average Bonchev–Trinajstić information content (AvgIpc) is 2.55. The maximum absolute atomic E-state index is 5.67. The van der Waals surface area contributed by atoms with Crippen molar-refractivity contribution in [2.75, 3.05) is 27.3 Å². The first kappa shape index (κ1) is 20.0. The summed E-state index contributed by atoms with van der Waals surface area (Å²) in [6, 6.07) is 7.94. The highest BCUT2D eigenvalue weighted by molar-refractivity contribution is 5.79. The second kappa shape index (κ2) is 9.98. The summed E-state index contributed by atoms with van der Waals surface area (Å²) in [6.45, 7) is 12.0. The van der Waals surface area contributed by atoms with Gasteiger partial charge in [-0.3, -0.25) is 4.99 Å². The summed E-state index contributed by atoms with van der Waals surface area (Å²) in [5.74, 6) is 1.59. The number of guanidine groups is 1. The topological polar surface area (TPSA) is 54.9 Å². The van der Waals surface area contributed by atoms with Gasteiger partial charge in [0.1, 0.15) is 12.4 Å². The van der Waals surface area contributed by atoms with Crippen molar-refractivity contribution >= 4 is 5.96 Å². The Labute approximate surface area is 146 Å². The molecule has 1 aromatic carbocycles. The van der Waals surface area contributed by atoms with Crippen molar-refractivity contribution < 1.29 is 9.47 Å². The van der Waals surface area contributed by atoms with Crippen LogP contribution in [0.3, 0.4) is 0 Å². The highest BCUT2D eigenvalue weighted by Gasteiger charge is 2.24. The van der Waals surface area contributed by atoms with E-state index in [-0.39, 0.29) is 11.5 Å². The number of hydrogen-bond acceptors (Lipinski definition) is 3. The first-order valence-corrected chi connectivity index (χ1v) is 8.21. The fourth-order valence-electron chi connectivity index (χ4n) is 2.27. The third kappa shape index (κ3) is 6.62. The Balaban J connectivity index is 2.60. The third-order valence-electron chi connectivity index (χ3n) is 3.70. The Hall–Kier alpha value is -2.01. The molecule has 0 saturated heterocycles. The monoisotopic (exact) mass is 333 g/mol. The van der Waals surface area contributed by atoms with Crippen LogP contribution in [0, 0.1) is 5.41 Å². The molecule has 1 unspecified atom stereocenters. The minimum Gasteiger partial charge on any atom is -0.489 e. The highest BCUT2D eigenvalue weighted by atomic mass is 16.5. The molecule has 0 spiro atoms. The second-order valence-electron chi connectivity index (χ2n) is 6.60. The summed E-state index contributed by atoms with van der Waals surface area (Å²) < 4.78 is 11.2. The Morgan fingerprint density at radius 3 is 2.58 bits per heavy atom. The molecule has 0 radical (unpaired) electrons. The van der Waals surface area contributed by atoms with E-state index in [0.29, 0.717) is 19.7 Å². The highest BCUT2D eigenvalue weighted by Crippen LogP contribution is 2.21. The molecular weight excluding hydrogens is 302 g/mol. The molecule has 5 heteroatoms. The first-order chi connectivity index (χ1) is 11.4. The van der Waals surface area contributed by atoms with Crippen molar-refractivity contribution in [2.45, 2.75) is 33.4 Å². The van der Waals surface area contributed by atoms with Gasteiger partial charge in [0.15, 0.2) is 5.96 Å². The molecule has 0 heterocycles. The van der Waals surface area contributed by atoms with Crippen LogP contribution in [-0.4, -0.2) is 39.4 Å². The number of benzene rings is 1. The number of methoxy groups -OCH3 is 1. The van der Waals surface area contributed by atoms with Crippen LogP contribution < -0.4 is 15.4 Å². The molecule has 5 nitrogen and oxygen atoms in total. The normalized spacial score (nSPS) is 13.3. The molecule has 1 aromatic rings. The summed E-state index contributed by atoms with van der Waals surface area (Å²) in [7, 11) is 3.50. The van der Waals surface area contributed by atoms with Gasteiger partial charge in [0.25, 0.3) is 0 Å². The molecule has 0 aliphatic heterocycles. The minimum absolute atomic E-state index is 0.0612. The maximum Gasteiger partial charge on any atom is 0.191 e. The van der Waals surface area contributed by atoms with E-state index in [1.807, 2.05) is 24.3 Å². The van der Waals surface area contributed by atoms with Gasteiger partial charge in [-0.15, -0.1) is 0 Å². The fourth-order valence-corrected chi connectivity index (χ4v) is 2.27. The molecule has 2 N–H and O–H groups in total. The van der Waals surface area contributed by atoms with Gasteiger partial charge in [-0.05, 0) is 11.5 Å². The summed E-state index contributed by atoms with van der Waals surface area (Å²) >= 11 is 0. The van der Waals surface area contributed by atoms with Crippen molar-refractivity contribution in [3.63, 3.8) is 0 Å². The van der Waals surface area contributed by atoms with E-state index >= 15 is 0 Å². The van der Waals surface area contributed by atoms with Crippen LogP contribution >= 0.6 is 0 Å². The number of rotatable bonds is 8. The van der Waals surface area contributed by atoms with Crippen LogP contribution in [0.5, 0.6) is 5.75 Å². The summed E-state index contributed by atoms with van der Waals surface area (Å²) in [4.78, 5) is 4.27. The SMILES string of the molecule is C=CCOc1ccccc1CNC(=NC)NCC(OC)C(C)(C)C. The molecule has 1 rings (SSSR count). The molecular formula is C19H31N3O2. The summed E-state index contributed by atoms with van der Waals surface area (Å²) in [5.41, 5.74) is 1.13. The molecule has 0 amide bonds. The van der Waals surface area contributed by atoms with Crippen LogP contribution in [0.15, 0.2) is 41.9 Å². The van der Waals surface area contributed by atoms with Gasteiger partial charge in [0, 0.05) is 32.8 Å². The fraction of sp³-hybridized carbons (Fsp3) is 0.526. The van der Waals surface area contributed by atoms with E-state index in [1.54, 1.807) is 20.2 Å². The van der Waals surface area contributed by atoms with Crippen molar-refractivity contribution in [1.29, 1.82) is 0 Å². The van der Waals surface area contributed by atoms with E-state index in [4.69, 9.17) is 9.47 Å². The Kier molecular flexibility index (Phi) is 8.33. The van der Waals surface area contributed by atoms with Crippen molar-refractivity contribution in [3.05, 3.63) is 42.5 Å². The van der Waals surface area contributed by atoms with Crippen LogP contribution in [0.2, 0.25) is 0 Å². The molecule has 0 aliphatic carbocycles. The maximum atomic E-state index is 5.67. The predicted octanol–water partition coefficient (Wildman–Crippen LogP) is 2.98. The molecule has 0 saturated carbocycles. The van der Waals surface area contributed by atoms with Crippen molar-refractivity contribution in [3.8, 4) is 5.75 Å². The number of ether oxygens (including phenoxy) is 2. The van der Waals surface area contributed by atoms with Gasteiger partial charge in [-0.25, -0.2) is 0 Å². The zero-order valence-electron chi connectivity index (χ0n) is 15.6. The van der Waals surface area contributed by atoms with Gasteiger partial charge >= 0.3 is 0 Å². The molecule has 134 valence electrons. The lowest BCUT2D eigenvalue weighted by atomic mass is 9.89. The van der Waals surface area contributed by atoms with Crippen molar-refractivity contribution in [1.82, 2.24) is 10.6 Å². The summed E-state index contributed by atoms with van der Waals surface area (Å²) in [6.07, 6.45) is 1.83. The van der Waals surface area contributed by atoms with Gasteiger partial charge in [-0.2, -0.15) is 0 Å². The van der Waals surface area contributed by atoms with Gasteiger partial charge < -0.3 is 20.1 Å². The lowest BCUT2D eigenvalue weighted by Crippen LogP contribution is -2.45. The molecule has 1 atom stereocenters. The number of aliphatic imine (C=N–C) groups is 1. The quantitative estimate of drug-likeness (QED) is 0.436. The number of nitrogens with zero attached hydrogens (tertiary/aromatic N) is 1. The number of para-hydroxylation sites is 1. The van der Waals surface area contributed by atoms with Crippen LogP contribution in [0.25, 0.3) is 0 Å². The molecule has 24 heavy (non-hydrogen) atoms. The summed E-state index contributed by atoms with van der Waals surface area (Å²) in [5, 5.41) is 6.63. The molecule has 0 aromatic heterocycles. The van der Waals surface area contributed by atoms with E-state index < -0.39 is 0 Å². The lowest BCUT2D eigenvalue weighted by molar-refractivity contribution is 0.0205. The average molecular weight is 333 g/mol. The first-order valence-electron chi connectivity index (χ1n) is 8.21. The van der Waals surface area contributed by atoms with E-state index in [9.17, 15) is 0 Å². The predicted molar refractivity (Wildman–Crippen MR) is 101 cm³/mol. The largest absolute Gasteiger partial charge is 0.489 e. The zero-order valence-corrected chi connectivity index (χ0v) is 15.6. The van der Waals surface area contributed by atoms with E-state index in [2.05, 4.69) is 43.0 Å². The van der Waals surface area contributed by atoms with Crippen LogP contribution in [0.4, 0.5) is 0 Å². The molecule has 0 fully saturated rings. The second-order valence-corrected chi connectivity index (χ2v) is 6.60. The van der Waals surface area contributed by atoms with Gasteiger partial charge in [0.05, 0.1) is 6.10 Å². The minimum atomic E-state index is 0.0612. The standard InChI is InChI=1S/C19H31N3O2/c1-7-12-24-16-11-9-8-10-15(16)13-21-18(20-5)22-14-17(23-6)19(2,3)4/h7-11,17H,1,12-14H2,2-6H3,(H2,20,21,22).